The van der Waals surface area contributed by atoms with Gasteiger partial charge in [0.05, 0.1) is 0 Å². The largest absolute Gasteiger partial charge is 0.462 e. The molecule has 0 saturated carbocycles. The summed E-state index contributed by atoms with van der Waals surface area (Å²) in [6.07, 6.45) is 63.3. The van der Waals surface area contributed by atoms with E-state index in [-0.39, 0.29) is 31.1 Å². The number of esters is 3. The smallest absolute Gasteiger partial charge is 0.306 e. The molecule has 1 atom stereocenters. The van der Waals surface area contributed by atoms with Crippen molar-refractivity contribution in [1.82, 2.24) is 0 Å². The first-order valence-corrected chi connectivity index (χ1v) is 27.1. The molecule has 0 aliphatic carbocycles. The predicted molar refractivity (Wildman–Crippen MR) is 270 cm³/mol. The Bertz CT molecular complexity index is 1110. The molecule has 0 spiro atoms. The van der Waals surface area contributed by atoms with Crippen LogP contribution in [-0.2, 0) is 28.6 Å². The standard InChI is InChI=1S/C57H102O6/c1-4-7-10-13-16-17-18-19-20-21-22-23-24-25-26-27-28-29-30-31-32-33-34-35-36-37-38-39-40-41-42-45-47-50-56(59)62-53-54(63-57(60)51-48-44-15-12-9-6-3)52-61-55(58)49-46-43-14-11-8-5-2/h7,10,16-17,19-20,22-23,54H,4-6,8-9,11-15,18,21,24-53H2,1-3H3/b10-7-,17-16-,20-19-,23-22-. The van der Waals surface area contributed by atoms with Gasteiger partial charge in [-0.05, 0) is 57.8 Å². The Balaban J connectivity index is 3.77. The van der Waals surface area contributed by atoms with E-state index in [0.29, 0.717) is 19.3 Å². The summed E-state index contributed by atoms with van der Waals surface area (Å²) in [5, 5.41) is 0. The summed E-state index contributed by atoms with van der Waals surface area (Å²) in [5.74, 6) is -0.881. The summed E-state index contributed by atoms with van der Waals surface area (Å²) in [6.45, 7) is 6.41. The third-order valence-corrected chi connectivity index (χ3v) is 11.8. The van der Waals surface area contributed by atoms with Crippen LogP contribution < -0.4 is 0 Å². The molecule has 0 rings (SSSR count). The van der Waals surface area contributed by atoms with Gasteiger partial charge in [-0.2, -0.15) is 0 Å². The summed E-state index contributed by atoms with van der Waals surface area (Å²) >= 11 is 0. The van der Waals surface area contributed by atoms with Crippen LogP contribution in [0.4, 0.5) is 0 Å². The summed E-state index contributed by atoms with van der Waals surface area (Å²) in [4.78, 5) is 37.4. The van der Waals surface area contributed by atoms with Crippen molar-refractivity contribution in [1.29, 1.82) is 0 Å². The zero-order valence-electron chi connectivity index (χ0n) is 41.8. The summed E-state index contributed by atoms with van der Waals surface area (Å²) < 4.78 is 16.6. The lowest BCUT2D eigenvalue weighted by atomic mass is 10.0. The molecular weight excluding hydrogens is 781 g/mol. The normalized spacial score (nSPS) is 12.4. The number of ether oxygens (including phenoxy) is 3. The molecule has 0 amide bonds. The fourth-order valence-corrected chi connectivity index (χ4v) is 7.79. The maximum absolute atomic E-state index is 12.5. The van der Waals surface area contributed by atoms with Gasteiger partial charge in [-0.15, -0.1) is 0 Å². The summed E-state index contributed by atoms with van der Waals surface area (Å²) in [5.41, 5.74) is 0. The highest BCUT2D eigenvalue weighted by Gasteiger charge is 2.19. The van der Waals surface area contributed by atoms with Crippen molar-refractivity contribution in [2.45, 2.75) is 284 Å². The van der Waals surface area contributed by atoms with E-state index in [0.717, 1.165) is 83.5 Å². The van der Waals surface area contributed by atoms with E-state index in [1.54, 1.807) is 0 Å². The van der Waals surface area contributed by atoms with Crippen molar-refractivity contribution >= 4 is 17.9 Å². The number of rotatable bonds is 49. The van der Waals surface area contributed by atoms with Gasteiger partial charge in [0.25, 0.3) is 0 Å². The zero-order valence-corrected chi connectivity index (χ0v) is 41.8. The minimum atomic E-state index is -0.760. The highest BCUT2D eigenvalue weighted by atomic mass is 16.6. The second kappa shape index (κ2) is 52.0. The van der Waals surface area contributed by atoms with Gasteiger partial charge in [-0.1, -0.05) is 249 Å². The lowest BCUT2D eigenvalue weighted by Crippen LogP contribution is -2.30. The predicted octanol–water partition coefficient (Wildman–Crippen LogP) is 17.9. The van der Waals surface area contributed by atoms with E-state index in [1.165, 1.54) is 154 Å². The molecule has 0 N–H and O–H groups in total. The van der Waals surface area contributed by atoms with Gasteiger partial charge in [-0.25, -0.2) is 0 Å². The SMILES string of the molecule is CC/C=C\C/C=C\C/C=C\C/C=C\CCCCCCCCCCCCCCCCCCCCCCC(=O)OCC(COC(=O)CCCCCCCC)OC(=O)CCCCCCCC. The van der Waals surface area contributed by atoms with E-state index in [4.69, 9.17) is 14.2 Å². The molecule has 6 heteroatoms. The van der Waals surface area contributed by atoms with Gasteiger partial charge in [0.2, 0.25) is 0 Å². The Morgan fingerprint density at radius 2 is 0.619 bits per heavy atom. The average molecular weight is 883 g/mol. The molecule has 1 unspecified atom stereocenters. The first-order chi connectivity index (χ1) is 31.0. The Morgan fingerprint density at radius 1 is 0.333 bits per heavy atom. The number of hydrogen-bond acceptors (Lipinski definition) is 6. The highest BCUT2D eigenvalue weighted by Crippen LogP contribution is 2.16. The van der Waals surface area contributed by atoms with Crippen LogP contribution in [0.25, 0.3) is 0 Å². The monoisotopic (exact) mass is 883 g/mol. The minimum absolute atomic E-state index is 0.0688. The van der Waals surface area contributed by atoms with Crippen LogP contribution in [0.1, 0.15) is 278 Å². The van der Waals surface area contributed by atoms with Crippen molar-refractivity contribution < 1.29 is 28.6 Å². The lowest BCUT2D eigenvalue weighted by Gasteiger charge is -2.18. The van der Waals surface area contributed by atoms with Crippen molar-refractivity contribution in [2.75, 3.05) is 13.2 Å². The summed E-state index contributed by atoms with van der Waals surface area (Å²) in [7, 11) is 0. The van der Waals surface area contributed by atoms with Crippen LogP contribution >= 0.6 is 0 Å². The van der Waals surface area contributed by atoms with E-state index < -0.39 is 6.10 Å². The topological polar surface area (TPSA) is 78.9 Å². The molecule has 0 saturated heterocycles. The fourth-order valence-electron chi connectivity index (χ4n) is 7.79. The highest BCUT2D eigenvalue weighted by molar-refractivity contribution is 5.71. The van der Waals surface area contributed by atoms with E-state index in [9.17, 15) is 14.4 Å². The number of unbranched alkanes of at least 4 members (excludes halogenated alkanes) is 30. The maximum atomic E-state index is 12.5. The van der Waals surface area contributed by atoms with Gasteiger partial charge >= 0.3 is 17.9 Å². The Hall–Kier alpha value is -2.63. The fraction of sp³-hybridized carbons (Fsp3) is 0.807. The third kappa shape index (κ3) is 50.2. The third-order valence-electron chi connectivity index (χ3n) is 11.8. The van der Waals surface area contributed by atoms with Gasteiger partial charge in [-0.3, -0.25) is 14.4 Å². The molecule has 6 nitrogen and oxygen atoms in total. The molecule has 0 aromatic carbocycles. The van der Waals surface area contributed by atoms with Crippen LogP contribution in [0, 0.1) is 0 Å². The zero-order chi connectivity index (χ0) is 45.8. The van der Waals surface area contributed by atoms with Crippen molar-refractivity contribution in [3.05, 3.63) is 48.6 Å². The van der Waals surface area contributed by atoms with Crippen LogP contribution in [0.3, 0.4) is 0 Å². The Kier molecular flexibility index (Phi) is 49.8. The van der Waals surface area contributed by atoms with Crippen LogP contribution in [0.5, 0.6) is 0 Å². The van der Waals surface area contributed by atoms with Crippen LogP contribution in [0.15, 0.2) is 48.6 Å². The number of allylic oxidation sites excluding steroid dienone is 8. The molecular formula is C57H102O6. The molecule has 0 bridgehead atoms. The second-order valence-corrected chi connectivity index (χ2v) is 18.1. The molecule has 0 aromatic heterocycles. The molecule has 0 heterocycles. The molecule has 0 fully saturated rings. The van der Waals surface area contributed by atoms with E-state index in [1.807, 2.05) is 0 Å². The first-order valence-electron chi connectivity index (χ1n) is 27.1. The molecule has 0 aliphatic heterocycles. The molecule has 0 aromatic rings. The molecule has 0 aliphatic rings. The van der Waals surface area contributed by atoms with Crippen molar-refractivity contribution in [3.63, 3.8) is 0 Å². The number of carbonyl (C=O) groups is 3. The van der Waals surface area contributed by atoms with Gasteiger partial charge in [0.1, 0.15) is 13.2 Å². The quantitative estimate of drug-likeness (QED) is 0.0262. The average Bonchev–Trinajstić information content (AvgIpc) is 3.28. The van der Waals surface area contributed by atoms with Crippen LogP contribution in [-0.4, -0.2) is 37.2 Å². The van der Waals surface area contributed by atoms with Crippen LogP contribution in [0.2, 0.25) is 0 Å². The van der Waals surface area contributed by atoms with Crippen molar-refractivity contribution in [2.24, 2.45) is 0 Å². The second-order valence-electron chi connectivity index (χ2n) is 18.1. The molecule has 63 heavy (non-hydrogen) atoms. The van der Waals surface area contributed by atoms with Gasteiger partial charge < -0.3 is 14.2 Å². The van der Waals surface area contributed by atoms with Crippen molar-refractivity contribution in [3.8, 4) is 0 Å². The Labute approximate surface area is 390 Å². The van der Waals surface area contributed by atoms with E-state index >= 15 is 0 Å². The number of hydrogen-bond donors (Lipinski definition) is 0. The van der Waals surface area contributed by atoms with E-state index in [2.05, 4.69) is 69.4 Å². The number of carbonyl (C=O) groups excluding carboxylic acids is 3. The minimum Gasteiger partial charge on any atom is -0.462 e. The van der Waals surface area contributed by atoms with Gasteiger partial charge in [0, 0.05) is 19.3 Å². The molecule has 366 valence electrons. The first kappa shape index (κ1) is 60.4. The Morgan fingerprint density at radius 3 is 0.968 bits per heavy atom. The summed E-state index contributed by atoms with van der Waals surface area (Å²) in [6, 6.07) is 0. The van der Waals surface area contributed by atoms with Gasteiger partial charge in [0.15, 0.2) is 6.10 Å². The maximum Gasteiger partial charge on any atom is 0.306 e. The lowest BCUT2D eigenvalue weighted by molar-refractivity contribution is -0.167. The molecule has 0 radical (unpaired) electrons.